The molecule has 0 aliphatic heterocycles. The molecule has 0 bridgehead atoms. The van der Waals surface area contributed by atoms with Gasteiger partial charge in [0.05, 0.1) is 5.02 Å². The molecular weight excluding hydrogens is 256 g/mol. The van der Waals surface area contributed by atoms with Crippen molar-refractivity contribution in [2.75, 3.05) is 0 Å². The van der Waals surface area contributed by atoms with E-state index in [1.165, 1.54) is 24.0 Å². The van der Waals surface area contributed by atoms with Crippen molar-refractivity contribution in [3.05, 3.63) is 69.7 Å². The monoisotopic (exact) mass is 270 g/mol. The van der Waals surface area contributed by atoms with Crippen molar-refractivity contribution in [2.45, 2.75) is 25.7 Å². The van der Waals surface area contributed by atoms with Crippen LogP contribution in [0.15, 0.2) is 42.5 Å². The molecule has 0 fully saturated rings. The van der Waals surface area contributed by atoms with Crippen molar-refractivity contribution in [1.82, 2.24) is 0 Å². The zero-order valence-corrected chi connectivity index (χ0v) is 11.4. The van der Waals surface area contributed by atoms with Gasteiger partial charge >= 0.3 is 0 Å². The van der Waals surface area contributed by atoms with Gasteiger partial charge in [-0.3, -0.25) is 4.79 Å². The van der Waals surface area contributed by atoms with Gasteiger partial charge in [-0.05, 0) is 55.0 Å². The lowest BCUT2D eigenvalue weighted by atomic mass is 9.89. The van der Waals surface area contributed by atoms with E-state index in [9.17, 15) is 4.79 Å². The predicted molar refractivity (Wildman–Crippen MR) is 78.0 cm³/mol. The van der Waals surface area contributed by atoms with E-state index in [0.29, 0.717) is 10.6 Å². The molecule has 2 aromatic carbocycles. The molecule has 2 aromatic rings. The Morgan fingerprint density at radius 2 is 1.68 bits per heavy atom. The van der Waals surface area contributed by atoms with Gasteiger partial charge in [0.1, 0.15) is 0 Å². The van der Waals surface area contributed by atoms with Gasteiger partial charge in [0.15, 0.2) is 5.78 Å². The van der Waals surface area contributed by atoms with Crippen LogP contribution in [0.2, 0.25) is 5.02 Å². The van der Waals surface area contributed by atoms with Crippen molar-refractivity contribution >= 4 is 17.4 Å². The van der Waals surface area contributed by atoms with E-state index in [0.717, 1.165) is 18.4 Å². The van der Waals surface area contributed by atoms with Crippen LogP contribution in [0.3, 0.4) is 0 Å². The van der Waals surface area contributed by atoms with Crippen LogP contribution in [-0.4, -0.2) is 5.78 Å². The molecule has 0 amide bonds. The molecule has 0 aromatic heterocycles. The first-order chi connectivity index (χ1) is 9.25. The van der Waals surface area contributed by atoms with Crippen molar-refractivity contribution in [3.8, 4) is 0 Å². The van der Waals surface area contributed by atoms with Gasteiger partial charge < -0.3 is 0 Å². The number of carbonyl (C=O) groups is 1. The zero-order chi connectivity index (χ0) is 13.2. The minimum atomic E-state index is 0.0129. The number of halogens is 1. The fraction of sp³-hybridized carbons (Fsp3) is 0.235. The molecular formula is C17H15ClO. The smallest absolute Gasteiger partial charge is 0.194 e. The summed E-state index contributed by atoms with van der Waals surface area (Å²) in [5.41, 5.74) is 4.04. The number of carbonyl (C=O) groups excluding carboxylic acids is 1. The first-order valence-corrected chi connectivity index (χ1v) is 7.04. The Labute approximate surface area is 118 Å². The molecule has 0 N–H and O–H groups in total. The summed E-state index contributed by atoms with van der Waals surface area (Å²) in [6, 6.07) is 13.3. The number of ketones is 1. The second-order valence-corrected chi connectivity index (χ2v) is 5.41. The third-order valence-electron chi connectivity index (χ3n) is 3.73. The third-order valence-corrected chi connectivity index (χ3v) is 4.06. The zero-order valence-electron chi connectivity index (χ0n) is 10.7. The molecule has 1 nitrogen and oxygen atoms in total. The summed E-state index contributed by atoms with van der Waals surface area (Å²) in [5, 5.41) is 0.519. The molecule has 1 aliphatic rings. The SMILES string of the molecule is O=C(c1ccc2c(c1)CCCC2)c1ccccc1Cl. The molecule has 0 heterocycles. The first kappa shape index (κ1) is 12.4. The van der Waals surface area contributed by atoms with E-state index in [4.69, 9.17) is 11.6 Å². The molecule has 2 heteroatoms. The summed E-state index contributed by atoms with van der Waals surface area (Å²) in [7, 11) is 0. The molecule has 0 saturated heterocycles. The average Bonchev–Trinajstić information content (AvgIpc) is 2.46. The maximum atomic E-state index is 12.5. The maximum absolute atomic E-state index is 12.5. The van der Waals surface area contributed by atoms with E-state index in [2.05, 4.69) is 6.07 Å². The largest absolute Gasteiger partial charge is 0.289 e. The molecule has 3 rings (SSSR count). The molecule has 0 radical (unpaired) electrons. The second-order valence-electron chi connectivity index (χ2n) is 5.00. The summed E-state index contributed by atoms with van der Waals surface area (Å²) in [4.78, 5) is 12.5. The van der Waals surface area contributed by atoms with Crippen LogP contribution in [-0.2, 0) is 12.8 Å². The van der Waals surface area contributed by atoms with E-state index in [-0.39, 0.29) is 5.78 Å². The number of hydrogen-bond acceptors (Lipinski definition) is 1. The van der Waals surface area contributed by atoms with Crippen LogP contribution in [0.5, 0.6) is 0 Å². The molecule has 1 aliphatic carbocycles. The van der Waals surface area contributed by atoms with Gasteiger partial charge in [-0.25, -0.2) is 0 Å². The fourth-order valence-electron chi connectivity index (χ4n) is 2.68. The van der Waals surface area contributed by atoms with Gasteiger partial charge in [0, 0.05) is 11.1 Å². The van der Waals surface area contributed by atoms with Crippen LogP contribution in [0.25, 0.3) is 0 Å². The molecule has 19 heavy (non-hydrogen) atoms. The molecule has 0 atom stereocenters. The van der Waals surface area contributed by atoms with E-state index in [1.54, 1.807) is 12.1 Å². The summed E-state index contributed by atoms with van der Waals surface area (Å²) >= 11 is 6.09. The number of benzene rings is 2. The number of aryl methyl sites for hydroxylation is 2. The van der Waals surface area contributed by atoms with E-state index < -0.39 is 0 Å². The highest BCUT2D eigenvalue weighted by atomic mass is 35.5. The summed E-state index contributed by atoms with van der Waals surface area (Å²) < 4.78 is 0. The maximum Gasteiger partial charge on any atom is 0.194 e. The van der Waals surface area contributed by atoms with E-state index in [1.807, 2.05) is 24.3 Å². The average molecular weight is 271 g/mol. The lowest BCUT2D eigenvalue weighted by molar-refractivity contribution is 0.103. The fourth-order valence-corrected chi connectivity index (χ4v) is 2.90. The first-order valence-electron chi connectivity index (χ1n) is 6.67. The third kappa shape index (κ3) is 2.43. The lowest BCUT2D eigenvalue weighted by Crippen LogP contribution is -2.07. The molecule has 0 saturated carbocycles. The highest BCUT2D eigenvalue weighted by Gasteiger charge is 2.15. The minimum absolute atomic E-state index is 0.0129. The second kappa shape index (κ2) is 5.18. The Balaban J connectivity index is 1.98. The van der Waals surface area contributed by atoms with Crippen LogP contribution in [0.1, 0.15) is 39.9 Å². The van der Waals surface area contributed by atoms with Crippen molar-refractivity contribution in [1.29, 1.82) is 0 Å². The quantitative estimate of drug-likeness (QED) is 0.737. The predicted octanol–water partition coefficient (Wildman–Crippen LogP) is 4.45. The molecule has 96 valence electrons. The number of hydrogen-bond donors (Lipinski definition) is 0. The van der Waals surface area contributed by atoms with Crippen LogP contribution in [0.4, 0.5) is 0 Å². The Bertz CT molecular complexity index is 631. The van der Waals surface area contributed by atoms with Gasteiger partial charge in [0.2, 0.25) is 0 Å². The number of rotatable bonds is 2. The van der Waals surface area contributed by atoms with Crippen molar-refractivity contribution < 1.29 is 4.79 Å². The van der Waals surface area contributed by atoms with Crippen molar-refractivity contribution in [3.63, 3.8) is 0 Å². The molecule has 0 unspecified atom stereocenters. The summed E-state index contributed by atoms with van der Waals surface area (Å²) in [5.74, 6) is 0.0129. The Hall–Kier alpha value is -1.60. The number of fused-ring (bicyclic) bond motifs is 1. The highest BCUT2D eigenvalue weighted by Crippen LogP contribution is 2.25. The standard InChI is InChI=1S/C17H15ClO/c18-16-8-4-3-7-15(16)17(19)14-10-9-12-5-1-2-6-13(12)11-14/h3-4,7-11H,1-2,5-6H2. The van der Waals surface area contributed by atoms with Gasteiger partial charge in [-0.2, -0.15) is 0 Å². The summed E-state index contributed by atoms with van der Waals surface area (Å²) in [6.07, 6.45) is 4.69. The van der Waals surface area contributed by atoms with Crippen LogP contribution in [0, 0.1) is 0 Å². The normalized spacial score (nSPS) is 13.9. The van der Waals surface area contributed by atoms with Crippen LogP contribution < -0.4 is 0 Å². The van der Waals surface area contributed by atoms with Crippen molar-refractivity contribution in [2.24, 2.45) is 0 Å². The molecule has 0 spiro atoms. The van der Waals surface area contributed by atoms with Crippen LogP contribution >= 0.6 is 11.6 Å². The minimum Gasteiger partial charge on any atom is -0.289 e. The van der Waals surface area contributed by atoms with E-state index >= 15 is 0 Å². The Kier molecular flexibility index (Phi) is 3.39. The highest BCUT2D eigenvalue weighted by molar-refractivity contribution is 6.34. The Morgan fingerprint density at radius 1 is 0.947 bits per heavy atom. The van der Waals surface area contributed by atoms with Gasteiger partial charge in [-0.15, -0.1) is 0 Å². The topological polar surface area (TPSA) is 17.1 Å². The van der Waals surface area contributed by atoms with Gasteiger partial charge in [-0.1, -0.05) is 35.9 Å². The Morgan fingerprint density at radius 3 is 2.47 bits per heavy atom. The summed E-state index contributed by atoms with van der Waals surface area (Å²) in [6.45, 7) is 0. The lowest BCUT2D eigenvalue weighted by Gasteiger charge is -2.16. The van der Waals surface area contributed by atoms with Gasteiger partial charge in [0.25, 0.3) is 0 Å².